The molecule has 2 N–H and O–H groups in total. The molecule has 246 valence electrons. The van der Waals surface area contributed by atoms with E-state index in [4.69, 9.17) is 16.3 Å². The van der Waals surface area contributed by atoms with Crippen molar-refractivity contribution in [2.75, 3.05) is 52.3 Å². The van der Waals surface area contributed by atoms with Gasteiger partial charge in [-0.1, -0.05) is 41.9 Å². The maximum absolute atomic E-state index is 14.6. The number of carbonyl (C=O) groups is 3. The van der Waals surface area contributed by atoms with Gasteiger partial charge in [-0.25, -0.2) is 0 Å². The second-order valence-electron chi connectivity index (χ2n) is 12.9. The van der Waals surface area contributed by atoms with Crippen LogP contribution in [-0.2, 0) is 22.4 Å². The Morgan fingerprint density at radius 3 is 2.55 bits per heavy atom. The van der Waals surface area contributed by atoms with Crippen molar-refractivity contribution in [3.05, 3.63) is 94.6 Å². The highest BCUT2D eigenvalue weighted by molar-refractivity contribution is 6.30. The largest absolute Gasteiger partial charge is 0.496 e. The van der Waals surface area contributed by atoms with Gasteiger partial charge in [-0.15, -0.1) is 0 Å². The average Bonchev–Trinajstić information content (AvgIpc) is 3.49. The zero-order chi connectivity index (χ0) is 33.1. The van der Waals surface area contributed by atoms with Crippen LogP contribution in [0.1, 0.15) is 34.3 Å². The molecular weight excluding hydrogens is 614 g/mol. The number of likely N-dealkylation sites (tertiary alicyclic amines) is 1. The Bertz CT molecular complexity index is 1760. The van der Waals surface area contributed by atoms with Crippen LogP contribution in [0.5, 0.6) is 5.75 Å². The van der Waals surface area contributed by atoms with E-state index in [1.165, 1.54) is 0 Å². The summed E-state index contributed by atoms with van der Waals surface area (Å²) in [6, 6.07) is 20.1. The number of hydrogen-bond acceptors (Lipinski definition) is 5. The molecule has 0 radical (unpaired) electrons. The number of amides is 3. The minimum Gasteiger partial charge on any atom is -0.496 e. The second-order valence-corrected chi connectivity index (χ2v) is 13.4. The van der Waals surface area contributed by atoms with Crippen molar-refractivity contribution in [3.8, 4) is 5.75 Å². The quantitative estimate of drug-likeness (QED) is 0.259. The zero-order valence-corrected chi connectivity index (χ0v) is 27.9. The van der Waals surface area contributed by atoms with Gasteiger partial charge in [0.2, 0.25) is 11.8 Å². The monoisotopic (exact) mass is 655 g/mol. The standard InChI is InChI=1S/C37H42ClN5O4/c1-41(2)22-24-18-26-19-28(38)12-13-33(26)43(23-24)37(46)32(20-27-21-39-31-10-6-4-8-29(27)31)40-35(44)25-14-16-42(17-15-25)36(45)30-9-5-7-11-34(30)47-3/h4-13,19,21,24-25,32,39H,14-18,20,22-23H2,1-3H3,(H,40,44)/t24-,32+/m0/s1. The number of hydrogen-bond donors (Lipinski definition) is 2. The Morgan fingerprint density at radius 2 is 1.79 bits per heavy atom. The molecular formula is C37H42ClN5O4. The molecule has 9 nitrogen and oxygen atoms in total. The lowest BCUT2D eigenvalue weighted by Gasteiger charge is -2.38. The van der Waals surface area contributed by atoms with Crippen LogP contribution >= 0.6 is 11.6 Å². The number of carbonyl (C=O) groups excluding carboxylic acids is 3. The van der Waals surface area contributed by atoms with Crippen LogP contribution < -0.4 is 15.0 Å². The van der Waals surface area contributed by atoms with Gasteiger partial charge in [-0.2, -0.15) is 0 Å². The highest BCUT2D eigenvalue weighted by Gasteiger charge is 2.36. The van der Waals surface area contributed by atoms with Crippen LogP contribution in [0.15, 0.2) is 72.9 Å². The third-order valence-corrected chi connectivity index (χ3v) is 9.61. The molecule has 3 heterocycles. The summed E-state index contributed by atoms with van der Waals surface area (Å²) in [7, 11) is 5.63. The summed E-state index contributed by atoms with van der Waals surface area (Å²) in [5, 5.41) is 4.84. The molecule has 2 aliphatic heterocycles. The molecule has 4 aromatic rings. The number of methoxy groups -OCH3 is 1. The maximum atomic E-state index is 14.6. The lowest BCUT2D eigenvalue weighted by molar-refractivity contribution is -0.131. The number of rotatable bonds is 9. The van der Waals surface area contributed by atoms with E-state index >= 15 is 0 Å². The third-order valence-electron chi connectivity index (χ3n) is 9.37. The Balaban J connectivity index is 1.23. The number of anilines is 1. The van der Waals surface area contributed by atoms with Crippen LogP contribution in [0.4, 0.5) is 5.69 Å². The predicted molar refractivity (Wildman–Crippen MR) is 185 cm³/mol. The molecule has 3 amide bonds. The first-order valence-corrected chi connectivity index (χ1v) is 16.6. The van der Waals surface area contributed by atoms with Crippen LogP contribution in [0, 0.1) is 11.8 Å². The Labute approximate surface area is 280 Å². The number of ether oxygens (including phenoxy) is 1. The van der Waals surface area contributed by atoms with Crippen molar-refractivity contribution >= 4 is 45.9 Å². The molecule has 1 aromatic heterocycles. The first-order chi connectivity index (χ1) is 22.7. The van der Waals surface area contributed by atoms with Crippen molar-refractivity contribution < 1.29 is 19.1 Å². The minimum atomic E-state index is -0.781. The highest BCUT2D eigenvalue weighted by atomic mass is 35.5. The van der Waals surface area contributed by atoms with Gasteiger partial charge in [0.05, 0.1) is 12.7 Å². The van der Waals surface area contributed by atoms with Crippen LogP contribution in [0.3, 0.4) is 0 Å². The van der Waals surface area contributed by atoms with E-state index in [9.17, 15) is 14.4 Å². The first kappa shape index (κ1) is 32.6. The number of para-hydroxylation sites is 2. The highest BCUT2D eigenvalue weighted by Crippen LogP contribution is 2.33. The molecule has 0 spiro atoms. The van der Waals surface area contributed by atoms with Gasteiger partial charge >= 0.3 is 0 Å². The lowest BCUT2D eigenvalue weighted by Crippen LogP contribution is -2.54. The van der Waals surface area contributed by atoms with Crippen molar-refractivity contribution in [2.45, 2.75) is 31.7 Å². The average molecular weight is 656 g/mol. The minimum absolute atomic E-state index is 0.107. The third kappa shape index (κ3) is 7.16. The van der Waals surface area contributed by atoms with E-state index in [0.717, 1.165) is 40.7 Å². The van der Waals surface area contributed by atoms with E-state index in [2.05, 4.69) is 15.2 Å². The second kappa shape index (κ2) is 14.2. The molecule has 2 aliphatic rings. The maximum Gasteiger partial charge on any atom is 0.257 e. The molecule has 0 unspecified atom stereocenters. The molecule has 1 saturated heterocycles. The van der Waals surface area contributed by atoms with E-state index in [-0.39, 0.29) is 29.6 Å². The van der Waals surface area contributed by atoms with E-state index in [1.807, 2.05) is 79.8 Å². The smallest absolute Gasteiger partial charge is 0.257 e. The van der Waals surface area contributed by atoms with Gasteiger partial charge in [0.15, 0.2) is 0 Å². The summed E-state index contributed by atoms with van der Waals surface area (Å²) in [4.78, 5) is 50.9. The molecule has 0 bridgehead atoms. The van der Waals surface area contributed by atoms with Gasteiger partial charge in [-0.05, 0) is 86.8 Å². The van der Waals surface area contributed by atoms with Crippen molar-refractivity contribution in [1.82, 2.24) is 20.1 Å². The van der Waals surface area contributed by atoms with E-state index < -0.39 is 6.04 Å². The number of aromatic amines is 1. The Hall–Kier alpha value is -4.34. The Kier molecular flexibility index (Phi) is 9.84. The molecule has 3 aromatic carbocycles. The summed E-state index contributed by atoms with van der Waals surface area (Å²) in [5.74, 6) is 0.0267. The Morgan fingerprint density at radius 1 is 1.04 bits per heavy atom. The van der Waals surface area contributed by atoms with Crippen molar-refractivity contribution in [1.29, 1.82) is 0 Å². The SMILES string of the molecule is COc1ccccc1C(=O)N1CCC(C(=O)N[C@H](Cc2c[nH]c3ccccc23)C(=O)N2C[C@H](CN(C)C)Cc3cc(Cl)ccc32)CC1. The normalized spacial score (nSPS) is 17.4. The fraction of sp³-hybridized carbons (Fsp3) is 0.378. The van der Waals surface area contributed by atoms with E-state index in [1.54, 1.807) is 24.1 Å². The molecule has 0 saturated carbocycles. The van der Waals surface area contributed by atoms with Crippen molar-refractivity contribution in [3.63, 3.8) is 0 Å². The van der Waals surface area contributed by atoms with Gasteiger partial charge in [-0.3, -0.25) is 14.4 Å². The summed E-state index contributed by atoms with van der Waals surface area (Å²) >= 11 is 6.40. The molecule has 47 heavy (non-hydrogen) atoms. The topological polar surface area (TPSA) is 98.0 Å². The number of piperidine rings is 1. The van der Waals surface area contributed by atoms with E-state index in [0.29, 0.717) is 55.2 Å². The lowest BCUT2D eigenvalue weighted by atomic mass is 9.90. The summed E-state index contributed by atoms with van der Waals surface area (Å²) in [6.45, 7) is 2.27. The van der Waals surface area contributed by atoms with Gasteiger partial charge in [0.1, 0.15) is 11.8 Å². The van der Waals surface area contributed by atoms with Gasteiger partial charge in [0.25, 0.3) is 5.91 Å². The predicted octanol–water partition coefficient (Wildman–Crippen LogP) is 5.18. The van der Waals surface area contributed by atoms with Gasteiger partial charge in [0, 0.05) is 66.3 Å². The first-order valence-electron chi connectivity index (χ1n) is 16.2. The summed E-state index contributed by atoms with van der Waals surface area (Å²) < 4.78 is 5.40. The number of H-pyrrole nitrogens is 1. The van der Waals surface area contributed by atoms with Gasteiger partial charge < -0.3 is 29.7 Å². The molecule has 2 atom stereocenters. The fourth-order valence-corrected chi connectivity index (χ4v) is 7.29. The number of halogens is 1. The summed E-state index contributed by atoms with van der Waals surface area (Å²) in [5.41, 5.74) is 4.34. The molecule has 10 heteroatoms. The molecule has 6 rings (SSSR count). The number of fused-ring (bicyclic) bond motifs is 2. The van der Waals surface area contributed by atoms with Crippen LogP contribution in [0.25, 0.3) is 10.9 Å². The number of aromatic nitrogens is 1. The number of benzene rings is 3. The van der Waals surface area contributed by atoms with Crippen molar-refractivity contribution in [2.24, 2.45) is 11.8 Å². The number of nitrogens with one attached hydrogen (secondary N) is 2. The zero-order valence-electron chi connectivity index (χ0n) is 27.2. The van der Waals surface area contributed by atoms with Crippen LogP contribution in [-0.4, -0.2) is 85.9 Å². The number of nitrogens with zero attached hydrogens (tertiary/aromatic N) is 3. The van der Waals surface area contributed by atoms with Crippen LogP contribution in [0.2, 0.25) is 5.02 Å². The molecule has 0 aliphatic carbocycles. The fourth-order valence-electron chi connectivity index (χ4n) is 7.09. The molecule has 1 fully saturated rings. The summed E-state index contributed by atoms with van der Waals surface area (Å²) in [6.07, 6.45) is 4.12.